The molecule has 0 radical (unpaired) electrons. The van der Waals surface area contributed by atoms with Crippen molar-refractivity contribution >= 4 is 40.2 Å². The molecule has 0 aromatic heterocycles. The molecule has 3 fully saturated rings. The molecule has 1 spiro atoms. The molecule has 6 atom stereocenters. The smallest absolute Gasteiger partial charge is 0.306 e. The maximum atomic E-state index is 14.7. The summed E-state index contributed by atoms with van der Waals surface area (Å²) in [4.78, 5) is 58.4. The standard InChI is InChI=1S/C38H41N3O7/c1-3-5-15-31(43)47-24-29(26-12-7-6-8-13-26)39-35(44)32-30-18-19-38(48-30)33(32)36(45)41(21-22-42)34(38)37(46)40(20-4-2)28-17-16-25-11-9-10-14-27(25)23-28/h3-4,6-14,16-17,23,29-30,32-34,42H,1-2,5,15,18-22,24H2,(H,39,44)/t29-,30+,32-,33-,34+,38-/m1/s1. The number of anilines is 1. The summed E-state index contributed by atoms with van der Waals surface area (Å²) in [7, 11) is 0. The molecular weight excluding hydrogens is 610 g/mol. The first-order valence-corrected chi connectivity index (χ1v) is 16.4. The van der Waals surface area contributed by atoms with Crippen LogP contribution in [0.5, 0.6) is 0 Å². The van der Waals surface area contributed by atoms with E-state index in [0.717, 1.165) is 16.3 Å². The first kappa shape index (κ1) is 33.1. The Morgan fingerprint density at radius 3 is 2.54 bits per heavy atom. The van der Waals surface area contributed by atoms with Gasteiger partial charge in [-0.2, -0.15) is 0 Å². The number of β-amino-alcohol motifs (C(OH)–C–C–N with tert-alkyl or cyclic N) is 1. The lowest BCUT2D eigenvalue weighted by Crippen LogP contribution is -2.57. The highest BCUT2D eigenvalue weighted by Crippen LogP contribution is 2.58. The maximum Gasteiger partial charge on any atom is 0.306 e. The summed E-state index contributed by atoms with van der Waals surface area (Å²) in [6.45, 7) is 7.17. The van der Waals surface area contributed by atoms with Crippen LogP contribution in [0.3, 0.4) is 0 Å². The third-order valence-corrected chi connectivity index (χ3v) is 9.78. The van der Waals surface area contributed by atoms with Crippen molar-refractivity contribution in [3.63, 3.8) is 0 Å². The third-order valence-electron chi connectivity index (χ3n) is 9.78. The lowest BCUT2D eigenvalue weighted by molar-refractivity contribution is -0.146. The molecule has 0 saturated carbocycles. The molecule has 10 nitrogen and oxygen atoms in total. The van der Waals surface area contributed by atoms with E-state index in [1.54, 1.807) is 17.1 Å². The number of aliphatic hydroxyl groups excluding tert-OH is 1. The number of hydrogen-bond acceptors (Lipinski definition) is 7. The Hall–Kier alpha value is -4.80. The second-order valence-electron chi connectivity index (χ2n) is 12.6. The van der Waals surface area contributed by atoms with Crippen molar-refractivity contribution in [2.24, 2.45) is 11.8 Å². The summed E-state index contributed by atoms with van der Waals surface area (Å²) < 4.78 is 12.1. The second-order valence-corrected chi connectivity index (χ2v) is 12.6. The average molecular weight is 652 g/mol. The summed E-state index contributed by atoms with van der Waals surface area (Å²) in [5.74, 6) is -3.37. The van der Waals surface area contributed by atoms with Gasteiger partial charge in [-0.1, -0.05) is 72.8 Å². The number of rotatable bonds is 14. The van der Waals surface area contributed by atoms with Gasteiger partial charge >= 0.3 is 5.97 Å². The molecule has 3 aliphatic heterocycles. The number of aliphatic hydroxyl groups is 1. The molecule has 6 rings (SSSR count). The minimum absolute atomic E-state index is 0.0805. The van der Waals surface area contributed by atoms with E-state index < -0.39 is 53.4 Å². The van der Waals surface area contributed by atoms with Gasteiger partial charge in [-0.3, -0.25) is 19.2 Å². The van der Waals surface area contributed by atoms with Crippen LogP contribution in [0.15, 0.2) is 98.1 Å². The number of amides is 3. The zero-order chi connectivity index (χ0) is 33.8. The summed E-state index contributed by atoms with van der Waals surface area (Å²) in [5.41, 5.74) is 0.139. The van der Waals surface area contributed by atoms with Crippen molar-refractivity contribution in [2.45, 2.75) is 49.5 Å². The van der Waals surface area contributed by atoms with Crippen molar-refractivity contribution in [2.75, 3.05) is 31.2 Å². The highest BCUT2D eigenvalue weighted by Gasteiger charge is 2.74. The van der Waals surface area contributed by atoms with Crippen molar-refractivity contribution < 1.29 is 33.8 Å². The zero-order valence-corrected chi connectivity index (χ0v) is 26.8. The zero-order valence-electron chi connectivity index (χ0n) is 26.8. The SMILES string of the molecule is C=CCCC(=O)OC[C@@H](NC(=O)[C@@H]1[C@@H]2CC[C@]3(O2)[C@H](C(=O)N(CC=C)c2ccc4ccccc4c2)N(CCO)C(=O)[C@@H]13)c1ccccc1. The van der Waals surface area contributed by atoms with Crippen molar-refractivity contribution in [3.8, 4) is 0 Å². The topological polar surface area (TPSA) is 125 Å². The van der Waals surface area contributed by atoms with Gasteiger partial charge in [0.15, 0.2) is 0 Å². The van der Waals surface area contributed by atoms with Crippen LogP contribution in [0, 0.1) is 11.8 Å². The molecule has 3 amide bonds. The Morgan fingerprint density at radius 1 is 1.06 bits per heavy atom. The van der Waals surface area contributed by atoms with Crippen LogP contribution >= 0.6 is 0 Å². The number of carbonyl (C=O) groups is 4. The number of nitrogens with one attached hydrogen (secondary N) is 1. The first-order valence-electron chi connectivity index (χ1n) is 16.4. The molecule has 3 aromatic rings. The van der Waals surface area contributed by atoms with E-state index in [0.29, 0.717) is 24.9 Å². The fourth-order valence-electron chi connectivity index (χ4n) is 7.67. The summed E-state index contributed by atoms with van der Waals surface area (Å²) >= 11 is 0. The predicted octanol–water partition coefficient (Wildman–Crippen LogP) is 4.09. The number of fused-ring (bicyclic) bond motifs is 2. The van der Waals surface area contributed by atoms with Crippen molar-refractivity contribution in [1.82, 2.24) is 10.2 Å². The van der Waals surface area contributed by atoms with E-state index in [4.69, 9.17) is 9.47 Å². The number of nitrogens with zero attached hydrogens (tertiary/aromatic N) is 2. The van der Waals surface area contributed by atoms with E-state index in [1.807, 2.05) is 72.8 Å². The Kier molecular flexibility index (Phi) is 9.75. The van der Waals surface area contributed by atoms with Gasteiger partial charge < -0.3 is 29.7 Å². The molecule has 10 heteroatoms. The van der Waals surface area contributed by atoms with Gasteiger partial charge in [0, 0.05) is 25.2 Å². The van der Waals surface area contributed by atoms with Gasteiger partial charge in [0.25, 0.3) is 5.91 Å². The molecule has 2 N–H and O–H groups in total. The Morgan fingerprint density at radius 2 is 1.81 bits per heavy atom. The minimum atomic E-state index is -1.24. The lowest BCUT2D eigenvalue weighted by Gasteiger charge is -2.36. The molecule has 0 unspecified atom stereocenters. The van der Waals surface area contributed by atoms with Crippen molar-refractivity contribution in [3.05, 3.63) is 104 Å². The summed E-state index contributed by atoms with van der Waals surface area (Å²) in [6, 6.07) is 21.0. The second kappa shape index (κ2) is 14.1. The van der Waals surface area contributed by atoms with Crippen LogP contribution in [-0.2, 0) is 28.7 Å². The average Bonchev–Trinajstić information content (AvgIpc) is 3.75. The number of carbonyl (C=O) groups excluding carboxylic acids is 4. The molecule has 3 heterocycles. The van der Waals surface area contributed by atoms with E-state index >= 15 is 0 Å². The predicted molar refractivity (Wildman–Crippen MR) is 181 cm³/mol. The van der Waals surface area contributed by atoms with Crippen LogP contribution in [0.25, 0.3) is 10.8 Å². The van der Waals surface area contributed by atoms with E-state index in [1.165, 1.54) is 4.90 Å². The fourth-order valence-corrected chi connectivity index (χ4v) is 7.67. The molecule has 0 aliphatic carbocycles. The van der Waals surface area contributed by atoms with Gasteiger partial charge in [-0.05, 0) is 47.7 Å². The van der Waals surface area contributed by atoms with Crippen LogP contribution in [0.4, 0.5) is 5.69 Å². The molecule has 3 aromatic carbocycles. The van der Waals surface area contributed by atoms with Gasteiger partial charge in [-0.25, -0.2) is 0 Å². The highest BCUT2D eigenvalue weighted by atomic mass is 16.5. The number of likely N-dealkylation sites (tertiary alicyclic amines) is 1. The number of allylic oxidation sites excluding steroid dienone is 1. The normalized spacial score (nSPS) is 24.6. The van der Waals surface area contributed by atoms with Crippen LogP contribution < -0.4 is 10.2 Å². The lowest BCUT2D eigenvalue weighted by atomic mass is 9.70. The summed E-state index contributed by atoms with van der Waals surface area (Å²) in [5, 5.41) is 15.0. The van der Waals surface area contributed by atoms with Crippen molar-refractivity contribution in [1.29, 1.82) is 0 Å². The quantitative estimate of drug-likeness (QED) is 0.199. The molecular formula is C38H41N3O7. The highest BCUT2D eigenvalue weighted by molar-refractivity contribution is 6.05. The third kappa shape index (κ3) is 6.02. The molecule has 3 aliphatic rings. The molecule has 48 heavy (non-hydrogen) atoms. The molecule has 250 valence electrons. The Labute approximate surface area is 280 Å². The number of ether oxygens (including phenoxy) is 2. The molecule has 2 bridgehead atoms. The van der Waals surface area contributed by atoms with E-state index in [-0.39, 0.29) is 38.6 Å². The maximum absolute atomic E-state index is 14.7. The van der Waals surface area contributed by atoms with E-state index in [2.05, 4.69) is 18.5 Å². The van der Waals surface area contributed by atoms with Crippen LogP contribution in [-0.4, -0.2) is 77.7 Å². The number of benzene rings is 3. The Balaban J connectivity index is 1.29. The van der Waals surface area contributed by atoms with E-state index in [9.17, 15) is 24.3 Å². The van der Waals surface area contributed by atoms with Gasteiger partial charge in [0.05, 0.1) is 30.6 Å². The largest absolute Gasteiger partial charge is 0.463 e. The summed E-state index contributed by atoms with van der Waals surface area (Å²) in [6.07, 6.45) is 4.25. The van der Waals surface area contributed by atoms with Gasteiger partial charge in [0.2, 0.25) is 11.8 Å². The van der Waals surface area contributed by atoms with Gasteiger partial charge in [-0.15, -0.1) is 13.2 Å². The number of esters is 1. The minimum Gasteiger partial charge on any atom is -0.463 e. The fraction of sp³-hybridized carbons (Fsp3) is 0.368. The van der Waals surface area contributed by atoms with Crippen LogP contribution in [0.2, 0.25) is 0 Å². The van der Waals surface area contributed by atoms with Crippen LogP contribution in [0.1, 0.15) is 37.3 Å². The Bertz CT molecular complexity index is 1710. The monoisotopic (exact) mass is 651 g/mol. The first-order chi connectivity index (χ1) is 23.3. The molecule has 3 saturated heterocycles. The number of hydrogen-bond donors (Lipinski definition) is 2. The van der Waals surface area contributed by atoms with Gasteiger partial charge in [0.1, 0.15) is 18.2 Å².